The SMILES string of the molecule is CC[C@@H]1C2C[C@H](O)CC[C@]2(C)[C@H]2C[C@@H](O)[C@]3(C)[C@@H]([C@H](C)CCNC(=O)NS(=O)(=O)N(C)C)CC[C@H]3[C@@H]2[C@@H]1O. The zero-order valence-corrected chi connectivity index (χ0v) is 24.9. The van der Waals surface area contributed by atoms with Crippen LogP contribution in [0.15, 0.2) is 0 Å². The monoisotopic (exact) mass is 557 g/mol. The molecule has 10 heteroatoms. The average molecular weight is 558 g/mol. The Hall–Kier alpha value is -0.940. The fourth-order valence-electron chi connectivity index (χ4n) is 9.75. The van der Waals surface area contributed by atoms with E-state index in [0.717, 1.165) is 42.8 Å². The van der Waals surface area contributed by atoms with Gasteiger partial charge < -0.3 is 20.6 Å². The van der Waals surface area contributed by atoms with Gasteiger partial charge in [-0.25, -0.2) is 9.52 Å². The first-order valence-electron chi connectivity index (χ1n) is 14.7. The molecule has 12 atom stereocenters. The summed E-state index contributed by atoms with van der Waals surface area (Å²) in [6.07, 6.45) is 5.59. The molecule has 38 heavy (non-hydrogen) atoms. The standard InChI is InChI=1S/C28H51N3O6S/c1-7-18-21-14-17(32)10-12-27(21,3)22-15-23(33)28(4)19(8-9-20(28)24(22)25(18)34)16(2)11-13-29-26(35)30-38(36,37)31(5)6/h16-25,32-34H,7-15H2,1-6H3,(H2,29,30,35)/t16-,17-,18-,19-,20+,21?,22+,23-,24+,25-,27+,28-/m1/s1. The van der Waals surface area contributed by atoms with Crippen LogP contribution >= 0.6 is 0 Å². The Morgan fingerprint density at radius 3 is 2.37 bits per heavy atom. The molecule has 0 aliphatic heterocycles. The van der Waals surface area contributed by atoms with E-state index < -0.39 is 28.4 Å². The van der Waals surface area contributed by atoms with Crippen molar-refractivity contribution in [1.29, 1.82) is 0 Å². The van der Waals surface area contributed by atoms with Crippen molar-refractivity contribution in [2.24, 2.45) is 52.3 Å². The first kappa shape index (κ1) is 30.0. The zero-order chi connectivity index (χ0) is 28.2. The summed E-state index contributed by atoms with van der Waals surface area (Å²) < 4.78 is 26.7. The maximum Gasteiger partial charge on any atom is 0.329 e. The van der Waals surface area contributed by atoms with Crippen LogP contribution in [0.4, 0.5) is 4.79 Å². The summed E-state index contributed by atoms with van der Waals surface area (Å²) in [5, 5.41) is 36.8. The highest BCUT2D eigenvalue weighted by Gasteiger charge is 2.67. The van der Waals surface area contributed by atoms with E-state index in [-0.39, 0.29) is 58.4 Å². The number of fused-ring (bicyclic) bond motifs is 5. The lowest BCUT2D eigenvalue weighted by Gasteiger charge is -2.65. The molecule has 4 fully saturated rings. The summed E-state index contributed by atoms with van der Waals surface area (Å²) in [4.78, 5) is 12.1. The van der Waals surface area contributed by atoms with Gasteiger partial charge in [0.2, 0.25) is 0 Å². The van der Waals surface area contributed by atoms with Gasteiger partial charge in [-0.2, -0.15) is 12.7 Å². The van der Waals surface area contributed by atoms with Gasteiger partial charge in [0.1, 0.15) is 0 Å². The van der Waals surface area contributed by atoms with Gasteiger partial charge in [-0.15, -0.1) is 0 Å². The Bertz CT molecular complexity index is 978. The third-order valence-electron chi connectivity index (χ3n) is 11.8. The van der Waals surface area contributed by atoms with E-state index in [1.165, 1.54) is 14.1 Å². The minimum Gasteiger partial charge on any atom is -0.393 e. The molecule has 0 bridgehead atoms. The lowest BCUT2D eigenvalue weighted by molar-refractivity contribution is -0.228. The van der Waals surface area contributed by atoms with Crippen molar-refractivity contribution in [3.63, 3.8) is 0 Å². The molecule has 4 aliphatic carbocycles. The van der Waals surface area contributed by atoms with Gasteiger partial charge in [0.05, 0.1) is 18.3 Å². The molecule has 0 aromatic carbocycles. The van der Waals surface area contributed by atoms with Crippen molar-refractivity contribution >= 4 is 16.2 Å². The van der Waals surface area contributed by atoms with E-state index in [0.29, 0.717) is 19.4 Å². The number of urea groups is 1. The quantitative estimate of drug-likeness (QED) is 0.326. The molecular weight excluding hydrogens is 506 g/mol. The van der Waals surface area contributed by atoms with Crippen LogP contribution in [0.5, 0.6) is 0 Å². The number of carbonyl (C=O) groups is 1. The number of aliphatic hydroxyl groups excluding tert-OH is 3. The number of nitrogens with one attached hydrogen (secondary N) is 2. The predicted octanol–water partition coefficient (Wildman–Crippen LogP) is 2.72. The fourth-order valence-corrected chi connectivity index (χ4v) is 10.2. The average Bonchev–Trinajstić information content (AvgIpc) is 3.19. The molecular formula is C28H51N3O6S. The molecule has 4 saturated carbocycles. The number of amides is 2. The molecule has 1 unspecified atom stereocenters. The van der Waals surface area contributed by atoms with Crippen LogP contribution in [-0.2, 0) is 10.2 Å². The molecule has 4 rings (SSSR count). The number of rotatable bonds is 7. The minimum absolute atomic E-state index is 0.0278. The lowest BCUT2D eigenvalue weighted by Crippen LogP contribution is -2.65. The van der Waals surface area contributed by atoms with Crippen molar-refractivity contribution < 1.29 is 28.5 Å². The highest BCUT2D eigenvalue weighted by molar-refractivity contribution is 7.87. The molecule has 0 radical (unpaired) electrons. The fraction of sp³-hybridized carbons (Fsp3) is 0.964. The first-order valence-corrected chi connectivity index (χ1v) is 16.1. The molecule has 4 aliphatic rings. The van der Waals surface area contributed by atoms with Crippen LogP contribution in [0.1, 0.15) is 79.1 Å². The molecule has 5 N–H and O–H groups in total. The van der Waals surface area contributed by atoms with E-state index in [4.69, 9.17) is 0 Å². The molecule has 0 aromatic heterocycles. The maximum absolute atomic E-state index is 12.1. The van der Waals surface area contributed by atoms with E-state index in [1.54, 1.807) is 0 Å². The number of hydrogen-bond acceptors (Lipinski definition) is 6. The highest BCUT2D eigenvalue weighted by atomic mass is 32.2. The Balaban J connectivity index is 1.48. The molecule has 9 nitrogen and oxygen atoms in total. The molecule has 0 aromatic rings. The van der Waals surface area contributed by atoms with Crippen LogP contribution in [0.25, 0.3) is 0 Å². The second-order valence-electron chi connectivity index (χ2n) is 13.6. The van der Waals surface area contributed by atoms with E-state index in [2.05, 4.69) is 33.0 Å². The van der Waals surface area contributed by atoms with Gasteiger partial charge in [-0.1, -0.05) is 34.1 Å². The molecule has 0 heterocycles. The summed E-state index contributed by atoms with van der Waals surface area (Å²) in [5.74, 6) is 1.58. The Kier molecular flexibility index (Phi) is 8.54. The molecule has 220 valence electrons. The molecule has 2 amide bonds. The van der Waals surface area contributed by atoms with Gasteiger partial charge in [-0.3, -0.25) is 0 Å². The normalized spacial score (nSPS) is 45.6. The van der Waals surface area contributed by atoms with Crippen molar-refractivity contribution in [3.8, 4) is 0 Å². The van der Waals surface area contributed by atoms with Crippen LogP contribution in [0.3, 0.4) is 0 Å². The van der Waals surface area contributed by atoms with Crippen LogP contribution in [0.2, 0.25) is 0 Å². The predicted molar refractivity (Wildman–Crippen MR) is 146 cm³/mol. The van der Waals surface area contributed by atoms with E-state index in [1.807, 2.05) is 4.72 Å². The lowest BCUT2D eigenvalue weighted by atomic mass is 9.41. The highest BCUT2D eigenvalue weighted by Crippen LogP contribution is 2.69. The second-order valence-corrected chi connectivity index (χ2v) is 15.5. The van der Waals surface area contributed by atoms with Crippen LogP contribution in [0, 0.1) is 52.3 Å². The summed E-state index contributed by atoms with van der Waals surface area (Å²) >= 11 is 0. The smallest absolute Gasteiger partial charge is 0.329 e. The topological polar surface area (TPSA) is 139 Å². The number of hydrogen-bond donors (Lipinski definition) is 5. The third-order valence-corrected chi connectivity index (χ3v) is 13.2. The summed E-state index contributed by atoms with van der Waals surface area (Å²) in [5.41, 5.74) is -0.284. The largest absolute Gasteiger partial charge is 0.393 e. The van der Waals surface area contributed by atoms with Gasteiger partial charge in [0, 0.05) is 20.6 Å². The van der Waals surface area contributed by atoms with Gasteiger partial charge in [-0.05, 0) is 97.2 Å². The zero-order valence-electron chi connectivity index (χ0n) is 24.1. The van der Waals surface area contributed by atoms with Gasteiger partial charge in [0.15, 0.2) is 0 Å². The first-order chi connectivity index (χ1) is 17.7. The number of aliphatic hydroxyl groups is 3. The minimum atomic E-state index is -3.84. The van der Waals surface area contributed by atoms with Crippen molar-refractivity contribution in [2.45, 2.75) is 97.4 Å². The van der Waals surface area contributed by atoms with Crippen molar-refractivity contribution in [3.05, 3.63) is 0 Å². The Morgan fingerprint density at radius 2 is 1.74 bits per heavy atom. The molecule has 0 saturated heterocycles. The molecule has 0 spiro atoms. The number of carbonyl (C=O) groups excluding carboxylic acids is 1. The summed E-state index contributed by atoms with van der Waals surface area (Å²) in [6.45, 7) is 9.27. The van der Waals surface area contributed by atoms with Crippen molar-refractivity contribution in [1.82, 2.24) is 14.3 Å². The second kappa shape index (κ2) is 10.8. The third kappa shape index (κ3) is 4.91. The van der Waals surface area contributed by atoms with E-state index in [9.17, 15) is 28.5 Å². The summed E-state index contributed by atoms with van der Waals surface area (Å²) in [7, 11) is -1.12. The number of nitrogens with zero attached hydrogens (tertiary/aromatic N) is 1. The van der Waals surface area contributed by atoms with Crippen LogP contribution < -0.4 is 10.0 Å². The Morgan fingerprint density at radius 1 is 1.05 bits per heavy atom. The summed E-state index contributed by atoms with van der Waals surface area (Å²) in [6, 6.07) is -0.738. The van der Waals surface area contributed by atoms with Crippen LogP contribution in [-0.4, -0.2) is 73.0 Å². The van der Waals surface area contributed by atoms with Gasteiger partial charge >= 0.3 is 16.2 Å². The van der Waals surface area contributed by atoms with Crippen molar-refractivity contribution in [2.75, 3.05) is 20.6 Å². The van der Waals surface area contributed by atoms with E-state index >= 15 is 0 Å². The maximum atomic E-state index is 12.1. The Labute approximate surface area is 229 Å². The van der Waals surface area contributed by atoms with Gasteiger partial charge in [0.25, 0.3) is 0 Å².